The van der Waals surface area contributed by atoms with Crippen LogP contribution in [0.4, 0.5) is 0 Å². The standard InChI is InChI=1S/C21H24NO3P/c1-24-26(23,25-2)21-20(14-13-18-9-5-3-6-10-18)15-16-22(21)17-19-11-7-4-8-12-19/h3-12,15-16H,13-14,17H2,1-2H3. The molecule has 0 aliphatic carbocycles. The van der Waals surface area contributed by atoms with Crippen molar-refractivity contribution in [2.45, 2.75) is 19.4 Å². The summed E-state index contributed by atoms with van der Waals surface area (Å²) < 4.78 is 25.8. The molecule has 26 heavy (non-hydrogen) atoms. The fourth-order valence-corrected chi connectivity index (χ4v) is 4.60. The minimum Gasteiger partial charge on any atom is -0.337 e. The van der Waals surface area contributed by atoms with Crippen LogP contribution in [0.25, 0.3) is 0 Å². The Bertz CT molecular complexity index is 867. The summed E-state index contributed by atoms with van der Waals surface area (Å²) in [4.78, 5) is 0. The molecule has 1 heterocycles. The van der Waals surface area contributed by atoms with Gasteiger partial charge in [0, 0.05) is 27.0 Å². The number of nitrogens with zero attached hydrogens (tertiary/aromatic N) is 1. The third kappa shape index (κ3) is 4.16. The van der Waals surface area contributed by atoms with E-state index in [1.165, 1.54) is 19.8 Å². The SMILES string of the molecule is COP(=O)(OC)c1c(CCc2ccccc2)ccn1Cc1ccccc1. The molecule has 0 amide bonds. The zero-order valence-corrected chi connectivity index (χ0v) is 16.1. The highest BCUT2D eigenvalue weighted by molar-refractivity contribution is 7.62. The fraction of sp³-hybridized carbons (Fsp3) is 0.238. The van der Waals surface area contributed by atoms with Crippen LogP contribution >= 0.6 is 7.60 Å². The molecule has 0 saturated heterocycles. The molecule has 0 spiro atoms. The molecule has 0 unspecified atom stereocenters. The summed E-state index contributed by atoms with van der Waals surface area (Å²) in [5.74, 6) is 0. The Kier molecular flexibility index (Phi) is 6.10. The Morgan fingerprint density at radius 1 is 0.808 bits per heavy atom. The number of aromatic nitrogens is 1. The number of hydrogen-bond donors (Lipinski definition) is 0. The molecule has 0 radical (unpaired) electrons. The number of rotatable bonds is 8. The lowest BCUT2D eigenvalue weighted by atomic mass is 10.1. The maximum absolute atomic E-state index is 13.2. The van der Waals surface area contributed by atoms with Crippen molar-refractivity contribution in [3.05, 3.63) is 89.6 Å². The molecule has 0 bridgehead atoms. The zero-order valence-electron chi connectivity index (χ0n) is 15.2. The quantitative estimate of drug-likeness (QED) is 0.552. The van der Waals surface area contributed by atoms with Gasteiger partial charge < -0.3 is 13.6 Å². The Balaban J connectivity index is 1.92. The van der Waals surface area contributed by atoms with Crippen molar-refractivity contribution in [3.8, 4) is 0 Å². The molecule has 2 aromatic carbocycles. The zero-order chi connectivity index (χ0) is 18.4. The average Bonchev–Trinajstić information content (AvgIpc) is 3.10. The van der Waals surface area contributed by atoms with Gasteiger partial charge in [-0.2, -0.15) is 0 Å². The first-order valence-electron chi connectivity index (χ1n) is 8.64. The smallest absolute Gasteiger partial charge is 0.337 e. The highest BCUT2D eigenvalue weighted by Gasteiger charge is 2.31. The van der Waals surface area contributed by atoms with Gasteiger partial charge >= 0.3 is 7.60 Å². The van der Waals surface area contributed by atoms with Crippen LogP contribution in [-0.4, -0.2) is 18.8 Å². The van der Waals surface area contributed by atoms with E-state index in [0.29, 0.717) is 12.0 Å². The Hall–Kier alpha value is -2.13. The summed E-state index contributed by atoms with van der Waals surface area (Å²) in [6.45, 7) is 0.623. The predicted octanol–water partition coefficient (Wildman–Crippen LogP) is 4.43. The molecule has 0 aliphatic heterocycles. The first-order chi connectivity index (χ1) is 12.7. The maximum atomic E-state index is 13.2. The highest BCUT2D eigenvalue weighted by atomic mass is 31.2. The Morgan fingerprint density at radius 3 is 1.96 bits per heavy atom. The van der Waals surface area contributed by atoms with Crippen LogP contribution in [0, 0.1) is 0 Å². The number of hydrogen-bond acceptors (Lipinski definition) is 3. The molecular weight excluding hydrogens is 345 g/mol. The van der Waals surface area contributed by atoms with Crippen molar-refractivity contribution in [3.63, 3.8) is 0 Å². The lowest BCUT2D eigenvalue weighted by Gasteiger charge is -2.19. The first-order valence-corrected chi connectivity index (χ1v) is 10.2. The van der Waals surface area contributed by atoms with E-state index in [4.69, 9.17) is 9.05 Å². The molecule has 0 saturated carbocycles. The van der Waals surface area contributed by atoms with Gasteiger partial charge in [0.2, 0.25) is 0 Å². The van der Waals surface area contributed by atoms with Crippen LogP contribution in [0.5, 0.6) is 0 Å². The van der Waals surface area contributed by atoms with E-state index in [1.54, 1.807) is 0 Å². The van der Waals surface area contributed by atoms with E-state index < -0.39 is 7.60 Å². The minimum atomic E-state index is -3.36. The number of aryl methyl sites for hydroxylation is 2. The predicted molar refractivity (Wildman–Crippen MR) is 105 cm³/mol. The minimum absolute atomic E-state index is 0.623. The Labute approximate surface area is 154 Å². The van der Waals surface area contributed by atoms with E-state index >= 15 is 0 Å². The summed E-state index contributed by atoms with van der Waals surface area (Å²) in [5.41, 5.74) is 4.02. The van der Waals surface area contributed by atoms with Crippen LogP contribution in [0.3, 0.4) is 0 Å². The highest BCUT2D eigenvalue weighted by Crippen LogP contribution is 2.46. The van der Waals surface area contributed by atoms with Gasteiger partial charge in [-0.15, -0.1) is 0 Å². The van der Waals surface area contributed by atoms with Gasteiger partial charge in [0.05, 0.1) is 0 Å². The average molecular weight is 369 g/mol. The lowest BCUT2D eigenvalue weighted by molar-refractivity contribution is 0.285. The van der Waals surface area contributed by atoms with Crippen molar-refractivity contribution in [2.75, 3.05) is 14.2 Å². The second kappa shape index (κ2) is 8.50. The summed E-state index contributed by atoms with van der Waals surface area (Å²) in [6.07, 6.45) is 3.61. The molecule has 3 rings (SSSR count). The third-order valence-electron chi connectivity index (χ3n) is 4.48. The van der Waals surface area contributed by atoms with E-state index in [1.807, 2.05) is 53.2 Å². The van der Waals surface area contributed by atoms with Gasteiger partial charge in [-0.25, -0.2) is 0 Å². The van der Waals surface area contributed by atoms with Crippen LogP contribution in [0.15, 0.2) is 72.9 Å². The van der Waals surface area contributed by atoms with E-state index in [9.17, 15) is 4.57 Å². The van der Waals surface area contributed by atoms with Crippen LogP contribution in [0.2, 0.25) is 0 Å². The fourth-order valence-electron chi connectivity index (χ4n) is 3.12. The van der Waals surface area contributed by atoms with Crippen LogP contribution < -0.4 is 5.44 Å². The maximum Gasteiger partial charge on any atom is 0.377 e. The van der Waals surface area contributed by atoms with Crippen LogP contribution in [-0.2, 0) is 33.0 Å². The van der Waals surface area contributed by atoms with E-state index in [-0.39, 0.29) is 0 Å². The van der Waals surface area contributed by atoms with Crippen molar-refractivity contribution < 1.29 is 13.6 Å². The largest absolute Gasteiger partial charge is 0.377 e. The summed E-state index contributed by atoms with van der Waals surface area (Å²) in [6, 6.07) is 22.4. The normalized spacial score (nSPS) is 11.6. The molecule has 0 fully saturated rings. The monoisotopic (exact) mass is 369 g/mol. The van der Waals surface area contributed by atoms with Crippen molar-refractivity contribution in [1.29, 1.82) is 0 Å². The van der Waals surface area contributed by atoms with Crippen LogP contribution in [0.1, 0.15) is 16.7 Å². The van der Waals surface area contributed by atoms with Gasteiger partial charge in [-0.05, 0) is 35.6 Å². The second-order valence-electron chi connectivity index (χ2n) is 6.13. The van der Waals surface area contributed by atoms with Crippen molar-refractivity contribution >= 4 is 13.0 Å². The lowest BCUT2D eigenvalue weighted by Crippen LogP contribution is -2.23. The van der Waals surface area contributed by atoms with Gasteiger partial charge in [0.1, 0.15) is 5.44 Å². The summed E-state index contributed by atoms with van der Waals surface area (Å²) >= 11 is 0. The van der Waals surface area contributed by atoms with Crippen molar-refractivity contribution in [2.24, 2.45) is 0 Å². The molecule has 0 aliphatic rings. The van der Waals surface area contributed by atoms with Gasteiger partial charge in [-0.1, -0.05) is 60.7 Å². The van der Waals surface area contributed by atoms with Gasteiger partial charge in [-0.3, -0.25) is 4.57 Å². The van der Waals surface area contributed by atoms with Crippen molar-refractivity contribution in [1.82, 2.24) is 4.57 Å². The molecule has 3 aromatic rings. The third-order valence-corrected chi connectivity index (χ3v) is 6.50. The van der Waals surface area contributed by atoms with Gasteiger partial charge in [0.25, 0.3) is 0 Å². The molecular formula is C21H24NO3P. The molecule has 0 atom stereocenters. The topological polar surface area (TPSA) is 40.5 Å². The van der Waals surface area contributed by atoms with E-state index in [0.717, 1.165) is 24.0 Å². The summed E-state index contributed by atoms with van der Waals surface area (Å²) in [7, 11) is -0.485. The Morgan fingerprint density at radius 2 is 1.38 bits per heavy atom. The second-order valence-corrected chi connectivity index (χ2v) is 8.28. The molecule has 0 N–H and O–H groups in total. The molecule has 136 valence electrons. The molecule has 1 aromatic heterocycles. The summed E-state index contributed by atoms with van der Waals surface area (Å²) in [5, 5.41) is 0. The first kappa shape index (κ1) is 18.7. The van der Waals surface area contributed by atoms with E-state index in [2.05, 4.69) is 24.3 Å². The molecule has 5 heteroatoms. The molecule has 4 nitrogen and oxygen atoms in total. The van der Waals surface area contributed by atoms with Gasteiger partial charge in [0.15, 0.2) is 0 Å². The number of benzene rings is 2.